The van der Waals surface area contributed by atoms with Crippen LogP contribution in [0.15, 0.2) is 103 Å². The smallest absolute Gasteiger partial charge is 0.352 e. The number of nitrogens with zero attached hydrogens (tertiary/aromatic N) is 2. The number of rotatable bonds is 8. The van der Waals surface area contributed by atoms with Crippen molar-refractivity contribution in [1.82, 2.24) is 10.2 Å². The van der Waals surface area contributed by atoms with Crippen LogP contribution in [0, 0.1) is 0 Å². The minimum Gasteiger partial charge on any atom is -0.477 e. The van der Waals surface area contributed by atoms with Crippen molar-refractivity contribution < 1.29 is 24.1 Å². The van der Waals surface area contributed by atoms with Crippen molar-refractivity contribution in [3.05, 3.63) is 119 Å². The second-order valence-electron chi connectivity index (χ2n) is 8.92. The fourth-order valence-corrected chi connectivity index (χ4v) is 5.78. The molecule has 1 fully saturated rings. The van der Waals surface area contributed by atoms with Gasteiger partial charge in [0.15, 0.2) is 18.9 Å². The molecule has 37 heavy (non-hydrogen) atoms. The van der Waals surface area contributed by atoms with E-state index in [-0.39, 0.29) is 18.0 Å². The van der Waals surface area contributed by atoms with E-state index >= 15 is 0 Å². The lowest BCUT2D eigenvalue weighted by Gasteiger charge is -2.49. The Morgan fingerprint density at radius 2 is 1.68 bits per heavy atom. The normalized spacial score (nSPS) is 18.9. The third kappa shape index (κ3) is 5.49. The largest absolute Gasteiger partial charge is 0.477 e. The summed E-state index contributed by atoms with van der Waals surface area (Å²) in [6, 6.07) is 22.6. The maximum absolute atomic E-state index is 12.9. The number of β-lactam (4-membered cyclic amide) rings is 1. The Morgan fingerprint density at radius 3 is 2.38 bits per heavy atom. The van der Waals surface area contributed by atoms with Crippen LogP contribution in [0.25, 0.3) is 6.08 Å². The minimum atomic E-state index is -1.15. The molecule has 1 aromatic heterocycles. The van der Waals surface area contributed by atoms with Gasteiger partial charge in [0, 0.05) is 23.4 Å². The van der Waals surface area contributed by atoms with Crippen LogP contribution in [0.4, 0.5) is 0 Å². The molecule has 2 aliphatic heterocycles. The fourth-order valence-electron chi connectivity index (χ4n) is 4.46. The van der Waals surface area contributed by atoms with Crippen LogP contribution in [0.1, 0.15) is 16.7 Å². The standard InChI is InChI=1S/C29H25N3O4S/c33-24(17-21-7-3-1-4-8-21)30-25-27(34)32-26(29(35)36)23(19-37-28(25)32)14-13-20-9-11-22(12-10-20)18-31-15-5-2-6-16-31/h1-16,25,28H,17-19H2,(H-,30,33,35,36)/p+1/b14-13+. The number of thioether (sulfide) groups is 1. The van der Waals surface area contributed by atoms with Gasteiger partial charge in [0.2, 0.25) is 5.91 Å². The van der Waals surface area contributed by atoms with Gasteiger partial charge in [-0.2, -0.15) is 0 Å². The number of carboxylic acid groups (broad SMARTS) is 1. The number of nitrogens with one attached hydrogen (secondary N) is 1. The molecule has 0 bridgehead atoms. The highest BCUT2D eigenvalue weighted by Crippen LogP contribution is 2.40. The minimum absolute atomic E-state index is 0.0179. The molecule has 0 saturated carbocycles. The molecule has 2 aliphatic rings. The van der Waals surface area contributed by atoms with Crippen molar-refractivity contribution in [1.29, 1.82) is 0 Å². The zero-order valence-corrected chi connectivity index (χ0v) is 20.8. The van der Waals surface area contributed by atoms with Crippen LogP contribution in [0.5, 0.6) is 0 Å². The van der Waals surface area contributed by atoms with Gasteiger partial charge in [-0.25, -0.2) is 9.36 Å². The molecular formula is C29H26N3O4S+. The van der Waals surface area contributed by atoms with E-state index in [0.29, 0.717) is 11.3 Å². The SMILES string of the molecule is O=C(Cc1ccccc1)NC1C(=O)N2C(C(=O)O)=C(/C=C/c3ccc(C[n+]4ccccc4)cc3)CSC12. The summed E-state index contributed by atoms with van der Waals surface area (Å²) in [5, 5.41) is 12.3. The second kappa shape index (κ2) is 10.8. The zero-order valence-electron chi connectivity index (χ0n) is 20.0. The van der Waals surface area contributed by atoms with E-state index in [1.54, 1.807) is 6.08 Å². The van der Waals surface area contributed by atoms with E-state index in [9.17, 15) is 19.5 Å². The quantitative estimate of drug-likeness (QED) is 0.358. The molecule has 5 rings (SSSR count). The summed E-state index contributed by atoms with van der Waals surface area (Å²) in [6.45, 7) is 0.761. The number of carbonyl (C=O) groups excluding carboxylic acids is 2. The van der Waals surface area contributed by atoms with Crippen molar-refractivity contribution in [2.75, 3.05) is 5.75 Å². The number of fused-ring (bicyclic) bond motifs is 1. The van der Waals surface area contributed by atoms with Crippen molar-refractivity contribution in [3.63, 3.8) is 0 Å². The highest BCUT2D eigenvalue weighted by atomic mass is 32.2. The summed E-state index contributed by atoms with van der Waals surface area (Å²) >= 11 is 1.46. The molecule has 2 atom stereocenters. The van der Waals surface area contributed by atoms with Gasteiger partial charge in [0.05, 0.1) is 6.42 Å². The molecule has 3 heterocycles. The first-order chi connectivity index (χ1) is 18.0. The molecule has 7 nitrogen and oxygen atoms in total. The highest BCUT2D eigenvalue weighted by Gasteiger charge is 2.53. The van der Waals surface area contributed by atoms with Gasteiger partial charge in [0.1, 0.15) is 17.1 Å². The Morgan fingerprint density at radius 1 is 0.973 bits per heavy atom. The molecule has 0 radical (unpaired) electrons. The fraction of sp³-hybridized carbons (Fsp3) is 0.172. The average Bonchev–Trinajstić information content (AvgIpc) is 2.92. The maximum Gasteiger partial charge on any atom is 0.352 e. The number of carbonyl (C=O) groups is 3. The van der Waals surface area contributed by atoms with Gasteiger partial charge < -0.3 is 10.4 Å². The van der Waals surface area contributed by atoms with Crippen LogP contribution in [-0.2, 0) is 27.3 Å². The Balaban J connectivity index is 1.25. The van der Waals surface area contributed by atoms with Gasteiger partial charge >= 0.3 is 5.97 Å². The van der Waals surface area contributed by atoms with E-state index in [1.165, 1.54) is 16.7 Å². The predicted octanol–water partition coefficient (Wildman–Crippen LogP) is 3.02. The molecule has 2 aromatic carbocycles. The number of benzene rings is 2. The van der Waals surface area contributed by atoms with Gasteiger partial charge in [-0.15, -0.1) is 11.8 Å². The summed E-state index contributed by atoms with van der Waals surface area (Å²) in [5.74, 6) is -1.38. The number of amides is 2. The van der Waals surface area contributed by atoms with Gasteiger partial charge in [0.25, 0.3) is 5.91 Å². The first-order valence-corrected chi connectivity index (χ1v) is 13.0. The summed E-state index contributed by atoms with van der Waals surface area (Å²) < 4.78 is 2.09. The number of pyridine rings is 1. The lowest BCUT2D eigenvalue weighted by Crippen LogP contribution is -2.70. The average molecular weight is 513 g/mol. The van der Waals surface area contributed by atoms with Crippen LogP contribution in [0.3, 0.4) is 0 Å². The van der Waals surface area contributed by atoms with Crippen LogP contribution < -0.4 is 9.88 Å². The molecule has 186 valence electrons. The van der Waals surface area contributed by atoms with Crippen molar-refractivity contribution in [2.24, 2.45) is 0 Å². The van der Waals surface area contributed by atoms with Crippen molar-refractivity contribution >= 4 is 35.6 Å². The van der Waals surface area contributed by atoms with Crippen LogP contribution in [0.2, 0.25) is 0 Å². The van der Waals surface area contributed by atoms with Crippen molar-refractivity contribution in [3.8, 4) is 0 Å². The predicted molar refractivity (Wildman–Crippen MR) is 141 cm³/mol. The highest BCUT2D eigenvalue weighted by molar-refractivity contribution is 8.00. The molecule has 2 unspecified atom stereocenters. The van der Waals surface area contributed by atoms with E-state index in [4.69, 9.17) is 0 Å². The Labute approximate surface area is 219 Å². The maximum atomic E-state index is 12.9. The lowest BCUT2D eigenvalue weighted by molar-refractivity contribution is -0.688. The van der Waals surface area contributed by atoms with E-state index < -0.39 is 23.3 Å². The summed E-state index contributed by atoms with van der Waals surface area (Å²) in [4.78, 5) is 38.8. The monoisotopic (exact) mass is 512 g/mol. The molecule has 1 saturated heterocycles. The van der Waals surface area contributed by atoms with Crippen LogP contribution >= 0.6 is 11.8 Å². The number of aliphatic carboxylic acids is 1. The second-order valence-corrected chi connectivity index (χ2v) is 10.0. The van der Waals surface area contributed by atoms with E-state index in [2.05, 4.69) is 9.88 Å². The molecule has 0 spiro atoms. The number of hydrogen-bond acceptors (Lipinski definition) is 4. The molecule has 0 aliphatic carbocycles. The topological polar surface area (TPSA) is 90.6 Å². The summed E-state index contributed by atoms with van der Waals surface area (Å²) in [6.07, 6.45) is 7.82. The van der Waals surface area contributed by atoms with Gasteiger partial charge in [-0.05, 0) is 16.7 Å². The Hall–Kier alpha value is -4.17. The third-order valence-corrected chi connectivity index (χ3v) is 7.63. The van der Waals surface area contributed by atoms with E-state index in [0.717, 1.165) is 23.2 Å². The number of allylic oxidation sites excluding steroid dienone is 1. The lowest BCUT2D eigenvalue weighted by atomic mass is 10.0. The van der Waals surface area contributed by atoms with Gasteiger partial charge in [-0.3, -0.25) is 14.5 Å². The summed E-state index contributed by atoms with van der Waals surface area (Å²) in [5.41, 5.74) is 3.50. The number of hydrogen-bond donors (Lipinski definition) is 2. The van der Waals surface area contributed by atoms with Crippen molar-refractivity contribution in [2.45, 2.75) is 24.4 Å². The molecular weight excluding hydrogens is 486 g/mol. The zero-order chi connectivity index (χ0) is 25.8. The molecule has 8 heteroatoms. The Bertz CT molecular complexity index is 1370. The summed E-state index contributed by atoms with van der Waals surface area (Å²) in [7, 11) is 0. The molecule has 2 N–H and O–H groups in total. The third-order valence-electron chi connectivity index (χ3n) is 6.32. The first-order valence-electron chi connectivity index (χ1n) is 11.9. The Kier molecular flexibility index (Phi) is 7.18. The van der Waals surface area contributed by atoms with E-state index in [1.807, 2.05) is 91.3 Å². The number of carboxylic acids is 1. The molecule has 3 aromatic rings. The molecule has 2 amide bonds. The first kappa shape index (κ1) is 24.5. The number of aromatic nitrogens is 1. The van der Waals surface area contributed by atoms with Gasteiger partial charge in [-0.1, -0.05) is 72.8 Å². The van der Waals surface area contributed by atoms with Crippen LogP contribution in [-0.4, -0.2) is 45.0 Å².